The predicted octanol–water partition coefficient (Wildman–Crippen LogP) is 1.54. The van der Waals surface area contributed by atoms with Gasteiger partial charge in [0.2, 0.25) is 5.78 Å². The van der Waals surface area contributed by atoms with Crippen LogP contribution in [0.1, 0.15) is 89.6 Å². The Kier molecular flexibility index (Phi) is 11.1. The number of hydrogen-bond acceptors (Lipinski definition) is 16. The molecule has 0 bridgehead atoms. The van der Waals surface area contributed by atoms with Gasteiger partial charge in [-0.1, -0.05) is 12.1 Å². The van der Waals surface area contributed by atoms with Crippen LogP contribution in [0.2, 0.25) is 0 Å². The monoisotopic (exact) mass is 772 g/mol. The number of piperazine rings is 1. The summed E-state index contributed by atoms with van der Waals surface area (Å²) in [5.41, 5.74) is -4.73. The average Bonchev–Trinajstić information content (AvgIpc) is 3.14. The highest BCUT2D eigenvalue weighted by atomic mass is 16.7. The molecule has 4 aliphatic rings. The Morgan fingerprint density at radius 2 is 1.62 bits per heavy atom. The lowest BCUT2D eigenvalue weighted by Gasteiger charge is -2.52. The first-order valence-electron chi connectivity index (χ1n) is 17.9. The summed E-state index contributed by atoms with van der Waals surface area (Å²) in [5, 5.41) is 56.6. The van der Waals surface area contributed by atoms with Crippen LogP contribution in [0.5, 0.6) is 17.2 Å². The molecule has 5 N–H and O–H groups in total. The molecule has 2 aromatic rings. The maximum Gasteiger partial charge on any atom is 0.410 e. The molecule has 0 saturated carbocycles. The molecule has 2 fully saturated rings. The van der Waals surface area contributed by atoms with E-state index in [1.807, 2.05) is 0 Å². The van der Waals surface area contributed by atoms with Crippen molar-refractivity contribution in [1.82, 2.24) is 9.80 Å². The number of methoxy groups -OCH3 is 3. The summed E-state index contributed by atoms with van der Waals surface area (Å²) in [6.07, 6.45) is -8.14. The Labute approximate surface area is 317 Å². The Morgan fingerprint density at radius 3 is 2.20 bits per heavy atom. The van der Waals surface area contributed by atoms with E-state index in [0.717, 1.165) is 0 Å². The lowest BCUT2D eigenvalue weighted by atomic mass is 9.72. The van der Waals surface area contributed by atoms with Crippen LogP contribution in [-0.4, -0.2) is 148 Å². The van der Waals surface area contributed by atoms with Crippen molar-refractivity contribution < 1.29 is 73.1 Å². The van der Waals surface area contributed by atoms with E-state index in [4.69, 9.17) is 28.4 Å². The van der Waals surface area contributed by atoms with Crippen molar-refractivity contribution in [3.05, 3.63) is 51.6 Å². The van der Waals surface area contributed by atoms with Crippen molar-refractivity contribution >= 4 is 23.4 Å². The predicted molar refractivity (Wildman–Crippen MR) is 189 cm³/mol. The molecule has 300 valence electrons. The van der Waals surface area contributed by atoms with E-state index in [9.17, 15) is 44.7 Å². The summed E-state index contributed by atoms with van der Waals surface area (Å²) in [5.74, 6) is -4.01. The number of aliphatic hydroxyl groups is 3. The molecule has 3 unspecified atom stereocenters. The van der Waals surface area contributed by atoms with E-state index in [0.29, 0.717) is 0 Å². The minimum absolute atomic E-state index is 0.0560. The Balaban J connectivity index is 1.38. The van der Waals surface area contributed by atoms with Crippen LogP contribution in [0.4, 0.5) is 4.79 Å². The number of nitrogens with zero attached hydrogens (tertiary/aromatic N) is 2. The molecule has 55 heavy (non-hydrogen) atoms. The van der Waals surface area contributed by atoms with Gasteiger partial charge in [0.25, 0.3) is 0 Å². The standard InChI is InChI=1S/C38H48N2O15/c1-17-31(43)20(40-24(51-6)14-39(15-25(40)52-7)36(48)55-37(2,3)4)11-26(53-17)54-22-13-38(49,23(42)16-41)12-19-28(22)35(47)30-29(33(19)45)32(44)18-9-8-10-21(50-5)27(18)34(30)46/h8-10,17,20,22,24-26,31,41,43,45,47,49H,11-16H2,1-7H3/t17-,20?,22-,24?,25?,26-,31+,38-/m0/s1. The molecule has 2 aliphatic heterocycles. The average molecular weight is 773 g/mol. The van der Waals surface area contributed by atoms with E-state index in [1.165, 1.54) is 44.4 Å². The minimum Gasteiger partial charge on any atom is -0.507 e. The zero-order valence-electron chi connectivity index (χ0n) is 31.7. The third kappa shape index (κ3) is 7.08. The number of aromatic hydroxyl groups is 2. The highest BCUT2D eigenvalue weighted by molar-refractivity contribution is 6.31. The fraction of sp³-hybridized carbons (Fsp3) is 0.579. The second-order valence-corrected chi connectivity index (χ2v) is 15.3. The van der Waals surface area contributed by atoms with Gasteiger partial charge >= 0.3 is 6.09 Å². The molecule has 6 rings (SSSR count). The summed E-state index contributed by atoms with van der Waals surface area (Å²) in [6.45, 7) is 5.88. The van der Waals surface area contributed by atoms with E-state index >= 15 is 0 Å². The number of carbonyl (C=O) groups excluding carboxylic acids is 4. The third-order valence-corrected chi connectivity index (χ3v) is 10.7. The first-order valence-corrected chi connectivity index (χ1v) is 17.9. The zero-order chi connectivity index (χ0) is 40.3. The number of ether oxygens (including phenoxy) is 6. The van der Waals surface area contributed by atoms with Crippen LogP contribution in [0, 0.1) is 0 Å². The molecule has 17 nitrogen and oxygen atoms in total. The second-order valence-electron chi connectivity index (χ2n) is 15.3. The molecule has 1 amide bonds. The van der Waals surface area contributed by atoms with Crippen LogP contribution in [0.15, 0.2) is 18.2 Å². The van der Waals surface area contributed by atoms with Gasteiger partial charge in [-0.25, -0.2) is 9.69 Å². The Bertz CT molecular complexity index is 1860. The summed E-state index contributed by atoms with van der Waals surface area (Å²) in [4.78, 5) is 57.1. The number of hydrogen-bond donors (Lipinski definition) is 5. The van der Waals surface area contributed by atoms with Gasteiger partial charge in [-0.05, 0) is 33.8 Å². The van der Waals surface area contributed by atoms with Crippen LogP contribution >= 0.6 is 0 Å². The third-order valence-electron chi connectivity index (χ3n) is 10.7. The quantitative estimate of drug-likeness (QED) is 0.205. The highest BCUT2D eigenvalue weighted by Crippen LogP contribution is 2.52. The summed E-state index contributed by atoms with van der Waals surface area (Å²) < 4.78 is 35.0. The van der Waals surface area contributed by atoms with Crippen LogP contribution in [0.3, 0.4) is 0 Å². The summed E-state index contributed by atoms with van der Waals surface area (Å²) in [7, 11) is 4.20. The molecular weight excluding hydrogens is 724 g/mol. The van der Waals surface area contributed by atoms with Crippen LogP contribution in [-0.2, 0) is 34.9 Å². The number of phenolic OH excluding ortho intramolecular Hbond substituents is 2. The summed E-state index contributed by atoms with van der Waals surface area (Å²) in [6, 6.07) is 3.55. The molecule has 0 spiro atoms. The highest BCUT2D eigenvalue weighted by Gasteiger charge is 2.52. The number of Topliss-reactive ketones (excluding diaryl/α,β-unsaturated/α-hetero) is 1. The van der Waals surface area contributed by atoms with Gasteiger partial charge in [0.15, 0.2) is 17.9 Å². The molecule has 2 aliphatic carbocycles. The van der Waals surface area contributed by atoms with Crippen molar-refractivity contribution in [3.8, 4) is 17.2 Å². The van der Waals surface area contributed by atoms with Gasteiger partial charge < -0.3 is 58.9 Å². The van der Waals surface area contributed by atoms with E-state index < -0.39 is 120 Å². The Morgan fingerprint density at radius 1 is 0.982 bits per heavy atom. The first kappa shape index (κ1) is 40.5. The topological polar surface area (TPSA) is 231 Å². The molecule has 2 heterocycles. The van der Waals surface area contributed by atoms with Crippen molar-refractivity contribution in [1.29, 1.82) is 0 Å². The zero-order valence-corrected chi connectivity index (χ0v) is 31.7. The van der Waals surface area contributed by atoms with Crippen molar-refractivity contribution in [2.45, 2.75) is 101 Å². The fourth-order valence-corrected chi connectivity index (χ4v) is 8.11. The number of fused-ring (bicyclic) bond motifs is 3. The van der Waals surface area contributed by atoms with Crippen molar-refractivity contribution in [2.75, 3.05) is 41.0 Å². The van der Waals surface area contributed by atoms with E-state index in [1.54, 1.807) is 32.6 Å². The Hall–Kier alpha value is -4.20. The van der Waals surface area contributed by atoms with Gasteiger partial charge in [0, 0.05) is 56.2 Å². The smallest absolute Gasteiger partial charge is 0.410 e. The lowest BCUT2D eigenvalue weighted by Crippen LogP contribution is -2.68. The van der Waals surface area contributed by atoms with Gasteiger partial charge in [-0.3, -0.25) is 14.4 Å². The molecule has 0 radical (unpaired) electrons. The van der Waals surface area contributed by atoms with Gasteiger partial charge in [0.1, 0.15) is 47.5 Å². The molecule has 8 atom stereocenters. The number of aliphatic hydroxyl groups excluding tert-OH is 2. The SMILES string of the molecule is COc1cccc2c1C(=O)c1c(O)c3c(c(O)c1C2=O)C[C@@](O)(C(=O)CO)C[C@@H]3O[C@H]1CC(N2C(OC)CN(C(=O)OC(C)(C)C)CC2OC)[C@H](O)[C@H](C)O1. The van der Waals surface area contributed by atoms with Crippen molar-refractivity contribution in [3.63, 3.8) is 0 Å². The van der Waals surface area contributed by atoms with Crippen LogP contribution in [0.25, 0.3) is 0 Å². The van der Waals surface area contributed by atoms with E-state index in [2.05, 4.69) is 0 Å². The number of phenols is 2. The number of ketones is 3. The number of amides is 1. The minimum atomic E-state index is -2.34. The van der Waals surface area contributed by atoms with Crippen LogP contribution < -0.4 is 4.74 Å². The maximum atomic E-state index is 14.0. The molecule has 2 aromatic carbocycles. The summed E-state index contributed by atoms with van der Waals surface area (Å²) >= 11 is 0. The van der Waals surface area contributed by atoms with Gasteiger partial charge in [-0.2, -0.15) is 0 Å². The first-order chi connectivity index (χ1) is 25.9. The maximum absolute atomic E-state index is 14.0. The number of benzene rings is 2. The van der Waals surface area contributed by atoms with E-state index in [-0.39, 0.29) is 47.5 Å². The fourth-order valence-electron chi connectivity index (χ4n) is 8.11. The molecule has 2 saturated heterocycles. The normalized spacial score (nSPS) is 29.6. The molecule has 17 heteroatoms. The number of rotatable bonds is 8. The molecular formula is C38H48N2O15. The largest absolute Gasteiger partial charge is 0.507 e. The van der Waals surface area contributed by atoms with Gasteiger partial charge in [-0.15, -0.1) is 0 Å². The second kappa shape index (κ2) is 15.0. The lowest BCUT2D eigenvalue weighted by molar-refractivity contribution is -0.284. The molecule has 0 aromatic heterocycles. The number of carbonyl (C=O) groups is 4. The van der Waals surface area contributed by atoms with Crippen molar-refractivity contribution in [2.24, 2.45) is 0 Å². The van der Waals surface area contributed by atoms with Gasteiger partial charge in [0.05, 0.1) is 55.2 Å².